The number of benzene rings is 2. The van der Waals surface area contributed by atoms with Crippen molar-refractivity contribution >= 4 is 31.8 Å². The maximum absolute atomic E-state index is 13.0. The van der Waals surface area contributed by atoms with E-state index in [4.69, 9.17) is 34.1 Å². The number of hydrogen-bond acceptors (Lipinski definition) is 13. The van der Waals surface area contributed by atoms with Gasteiger partial charge in [0.05, 0.1) is 37.8 Å². The lowest BCUT2D eigenvalue weighted by molar-refractivity contribution is -0.206. The average molecular weight is 921 g/mol. The Morgan fingerprint density at radius 1 is 0.719 bits per heavy atom. The second-order valence-corrected chi connectivity index (χ2v) is 20.1. The van der Waals surface area contributed by atoms with Crippen LogP contribution in [-0.2, 0) is 115 Å². The molecule has 2 saturated heterocycles. The molecule has 0 radical (unpaired) electrons. The number of fused-ring (bicyclic) bond motifs is 4. The zero-order valence-corrected chi connectivity index (χ0v) is 38.4. The van der Waals surface area contributed by atoms with Gasteiger partial charge in [-0.2, -0.15) is 18.6 Å². The molecule has 0 saturated carbocycles. The summed E-state index contributed by atoms with van der Waals surface area (Å²) in [7, 11) is -4.83. The smallest absolute Gasteiger partial charge is 0.333 e. The molecule has 0 unspecified atom stereocenters. The van der Waals surface area contributed by atoms with Gasteiger partial charge in [0.15, 0.2) is 21.3 Å². The molecule has 20 heteroatoms. The number of nitrogens with zero attached hydrogens (tertiary/aromatic N) is 5. The first-order valence-corrected chi connectivity index (χ1v) is 24.9. The highest BCUT2D eigenvalue weighted by Crippen LogP contribution is 2.41. The number of anilines is 1. The number of aryl methyl sites for hydroxylation is 6. The van der Waals surface area contributed by atoms with Crippen molar-refractivity contribution in [3.63, 3.8) is 0 Å². The fraction of sp³-hybridized carbons (Fsp3) is 0.545. The van der Waals surface area contributed by atoms with Crippen LogP contribution in [0.4, 0.5) is 10.5 Å². The lowest BCUT2D eigenvalue weighted by Crippen LogP contribution is -2.49. The molecule has 4 aromatic rings. The lowest BCUT2D eigenvalue weighted by atomic mass is 9.97. The summed E-state index contributed by atoms with van der Waals surface area (Å²) < 4.78 is 80.4. The van der Waals surface area contributed by atoms with Crippen molar-refractivity contribution in [1.82, 2.24) is 24.3 Å². The molecule has 4 aliphatic carbocycles. The molecule has 2 amide bonds. The van der Waals surface area contributed by atoms with E-state index in [9.17, 15) is 21.6 Å². The molecule has 0 atom stereocenters. The number of ether oxygens (including phenoxy) is 5. The van der Waals surface area contributed by atoms with Gasteiger partial charge in [-0.15, -0.1) is 5.26 Å². The van der Waals surface area contributed by atoms with Crippen LogP contribution in [0.3, 0.4) is 0 Å². The first-order valence-electron chi connectivity index (χ1n) is 21.9. The zero-order chi connectivity index (χ0) is 45.4. The van der Waals surface area contributed by atoms with Crippen molar-refractivity contribution in [2.45, 2.75) is 125 Å². The summed E-state index contributed by atoms with van der Waals surface area (Å²) in [5, 5.41) is 24.5. The van der Waals surface area contributed by atoms with Crippen molar-refractivity contribution in [1.29, 1.82) is 5.26 Å². The Morgan fingerprint density at radius 2 is 1.14 bits per heavy atom. The minimum Gasteiger partial charge on any atom is -0.387 e. The van der Waals surface area contributed by atoms with Crippen LogP contribution in [-0.4, -0.2) is 83.1 Å². The van der Waals surface area contributed by atoms with Gasteiger partial charge >= 0.3 is 6.03 Å². The number of sulfonamides is 2. The summed E-state index contributed by atoms with van der Waals surface area (Å²) in [6.07, 6.45) is 14.6. The number of primary sulfonamides is 1. The fourth-order valence-electron chi connectivity index (χ4n) is 9.80. The average Bonchev–Trinajstić information content (AvgIpc) is 4.09. The SMILES string of the molecule is CCn1nc(S(=O)(=O)NC(=O)Nc2c3c(cc4c2CCC4)CCC3)cc1C1(OC)COC1.CCn1nc(S(N)(=O)=O)cc1C1(OC)COC1.N#COc1c2c(cc3c1CCC3)CCC2. The summed E-state index contributed by atoms with van der Waals surface area (Å²) in [5.41, 5.74) is 11.0. The summed E-state index contributed by atoms with van der Waals surface area (Å²) in [5.74, 6) is 0.903. The third kappa shape index (κ3) is 8.54. The van der Waals surface area contributed by atoms with Crippen LogP contribution >= 0.6 is 0 Å². The van der Waals surface area contributed by atoms with Gasteiger partial charge in [-0.05, 0) is 135 Å². The molecule has 4 N–H and O–H groups in total. The van der Waals surface area contributed by atoms with E-state index in [-0.39, 0.29) is 10.1 Å². The minimum absolute atomic E-state index is 0.141. The molecule has 344 valence electrons. The Balaban J connectivity index is 0.000000146. The summed E-state index contributed by atoms with van der Waals surface area (Å²) >= 11 is 0. The number of methoxy groups -OCH3 is 2. The van der Waals surface area contributed by atoms with Crippen LogP contribution < -0.4 is 19.9 Å². The maximum Gasteiger partial charge on any atom is 0.333 e. The van der Waals surface area contributed by atoms with Gasteiger partial charge in [0, 0.05) is 45.1 Å². The molecular formula is C44H56N8O10S2. The fourth-order valence-corrected chi connectivity index (χ4v) is 11.2. The largest absolute Gasteiger partial charge is 0.387 e. The monoisotopic (exact) mass is 920 g/mol. The number of carbonyl (C=O) groups excluding carboxylic acids is 1. The minimum atomic E-state index is -4.16. The number of urea groups is 1. The quantitative estimate of drug-likeness (QED) is 0.179. The number of rotatable bonds is 11. The first-order chi connectivity index (χ1) is 30.7. The molecule has 64 heavy (non-hydrogen) atoms. The predicted molar refractivity (Wildman–Crippen MR) is 233 cm³/mol. The number of carbonyl (C=O) groups is 1. The van der Waals surface area contributed by atoms with E-state index >= 15 is 0 Å². The van der Waals surface area contributed by atoms with Gasteiger partial charge in [0.25, 0.3) is 26.3 Å². The molecule has 0 spiro atoms. The van der Waals surface area contributed by atoms with Crippen molar-refractivity contribution in [3.05, 3.63) is 80.2 Å². The van der Waals surface area contributed by atoms with Crippen molar-refractivity contribution in [3.8, 4) is 12.0 Å². The molecule has 10 rings (SSSR count). The molecular weight excluding hydrogens is 865 g/mol. The van der Waals surface area contributed by atoms with E-state index in [1.54, 1.807) is 23.6 Å². The standard InChI is InChI=1S/C22H28N4O5S.C13H13NO.C9H15N3O4S/c1-3-26-18(22(30-2)12-31-13-22)11-19(24-26)32(28,29)25-21(27)23-20-16-8-4-6-14(16)10-15-7-5-9-17(15)20;14-8-15-13-11-5-1-3-9(11)7-10-4-2-6-12(10)13;1-3-12-7(9(15-2)5-16-6-9)4-8(11-12)17(10,13)14/h10-11H,3-9,12-13H2,1-2H3,(H2,23,25,27);7H,1-6H2;4H,3,5-6H2,1-2H3,(H2,10,13,14). The lowest BCUT2D eigenvalue weighted by Gasteiger charge is -2.39. The van der Waals surface area contributed by atoms with Crippen LogP contribution in [0, 0.1) is 11.5 Å². The second kappa shape index (κ2) is 18.2. The van der Waals surface area contributed by atoms with Crippen LogP contribution in [0.15, 0.2) is 34.3 Å². The van der Waals surface area contributed by atoms with E-state index in [2.05, 4.69) is 32.4 Å². The molecule has 2 aliphatic heterocycles. The number of nitrogens with one attached hydrogen (secondary N) is 2. The van der Waals surface area contributed by atoms with E-state index in [0.29, 0.717) is 50.9 Å². The number of amides is 2. The van der Waals surface area contributed by atoms with Gasteiger partial charge in [-0.1, -0.05) is 12.1 Å². The molecule has 2 aromatic carbocycles. The summed E-state index contributed by atoms with van der Waals surface area (Å²) in [6.45, 7) is 6.16. The topological polar surface area (TPSA) is 241 Å². The van der Waals surface area contributed by atoms with Gasteiger partial charge < -0.3 is 29.0 Å². The van der Waals surface area contributed by atoms with E-state index in [1.807, 2.05) is 20.1 Å². The van der Waals surface area contributed by atoms with Crippen LogP contribution in [0.1, 0.15) is 95.4 Å². The van der Waals surface area contributed by atoms with Gasteiger partial charge in [0.1, 0.15) is 5.75 Å². The van der Waals surface area contributed by atoms with Crippen LogP contribution in [0.25, 0.3) is 0 Å². The molecule has 0 bridgehead atoms. The highest BCUT2D eigenvalue weighted by Gasteiger charge is 2.45. The Labute approximate surface area is 373 Å². The number of nitriles is 1. The normalized spacial score (nSPS) is 18.4. The van der Waals surface area contributed by atoms with E-state index in [1.165, 1.54) is 58.4 Å². The Bertz CT molecular complexity index is 2640. The zero-order valence-electron chi connectivity index (χ0n) is 36.7. The van der Waals surface area contributed by atoms with Crippen molar-refractivity contribution in [2.75, 3.05) is 46.0 Å². The molecule has 2 fully saturated rings. The second-order valence-electron chi connectivity index (χ2n) is 17.0. The van der Waals surface area contributed by atoms with Crippen LogP contribution in [0.5, 0.6) is 5.75 Å². The highest BCUT2D eigenvalue weighted by atomic mass is 32.2. The van der Waals surface area contributed by atoms with Gasteiger partial charge in [-0.25, -0.2) is 23.1 Å². The molecule has 2 aromatic heterocycles. The molecule has 4 heterocycles. The Morgan fingerprint density at radius 3 is 1.53 bits per heavy atom. The molecule has 18 nitrogen and oxygen atoms in total. The van der Waals surface area contributed by atoms with E-state index < -0.39 is 37.3 Å². The third-order valence-electron chi connectivity index (χ3n) is 13.2. The van der Waals surface area contributed by atoms with Gasteiger partial charge in [-0.3, -0.25) is 9.36 Å². The maximum atomic E-state index is 13.0. The number of aromatic nitrogens is 4. The van der Waals surface area contributed by atoms with E-state index in [0.717, 1.165) is 86.8 Å². The molecule has 6 aliphatic rings. The number of hydrogen-bond donors (Lipinski definition) is 3. The Hall–Kier alpha value is -4.88. The first kappa shape index (κ1) is 45.7. The predicted octanol–water partition coefficient (Wildman–Crippen LogP) is 4.21. The van der Waals surface area contributed by atoms with Crippen molar-refractivity contribution < 1.29 is 45.3 Å². The van der Waals surface area contributed by atoms with Crippen LogP contribution in [0.2, 0.25) is 0 Å². The number of nitrogens with two attached hydrogens (primary N) is 1. The third-order valence-corrected chi connectivity index (χ3v) is 15.2. The van der Waals surface area contributed by atoms with Gasteiger partial charge in [0.2, 0.25) is 0 Å². The van der Waals surface area contributed by atoms with Crippen molar-refractivity contribution in [2.24, 2.45) is 5.14 Å². The Kier molecular flexibility index (Phi) is 13.0. The summed E-state index contributed by atoms with van der Waals surface area (Å²) in [4.78, 5) is 12.8. The highest BCUT2D eigenvalue weighted by molar-refractivity contribution is 7.90. The summed E-state index contributed by atoms with van der Waals surface area (Å²) in [6, 6.07) is 6.75.